The Balaban J connectivity index is 1.89. The highest BCUT2D eigenvalue weighted by Crippen LogP contribution is 2.29. The zero-order valence-electron chi connectivity index (χ0n) is 16.0. The number of hydrogen-bond donors (Lipinski definition) is 1. The molecule has 0 aliphatic carbocycles. The van der Waals surface area contributed by atoms with Crippen molar-refractivity contribution in [2.24, 2.45) is 5.92 Å². The molecule has 1 fully saturated rings. The summed E-state index contributed by atoms with van der Waals surface area (Å²) >= 11 is 0. The number of piperidine rings is 1. The summed E-state index contributed by atoms with van der Waals surface area (Å²) < 4.78 is 27.9. The van der Waals surface area contributed by atoms with Crippen LogP contribution in [-0.4, -0.2) is 27.3 Å². The minimum absolute atomic E-state index is 0.163. The van der Waals surface area contributed by atoms with Crippen molar-refractivity contribution in [3.8, 4) is 0 Å². The Hall–Kier alpha value is -2.34. The van der Waals surface area contributed by atoms with Crippen LogP contribution < -0.4 is 9.62 Å². The first kappa shape index (κ1) is 19.4. The molecule has 6 heteroatoms. The molecular weight excluding hydrogens is 360 g/mol. The van der Waals surface area contributed by atoms with E-state index in [1.807, 2.05) is 13.0 Å². The maximum atomic E-state index is 12.7. The van der Waals surface area contributed by atoms with E-state index in [1.54, 1.807) is 36.4 Å². The number of carbonyl (C=O) groups excluding carboxylic acids is 1. The smallest absolute Gasteiger partial charge is 0.261 e. The first-order chi connectivity index (χ1) is 12.8. The van der Waals surface area contributed by atoms with Crippen LogP contribution in [0, 0.1) is 12.8 Å². The lowest BCUT2D eigenvalue weighted by atomic mass is 9.98. The Labute approximate surface area is 161 Å². The fraction of sp³-hybridized carbons (Fsp3) is 0.381. The van der Waals surface area contributed by atoms with Gasteiger partial charge in [-0.05, 0) is 62.9 Å². The number of nitrogens with zero attached hydrogens (tertiary/aromatic N) is 1. The predicted molar refractivity (Wildman–Crippen MR) is 109 cm³/mol. The molecule has 1 aliphatic rings. The second-order valence-corrected chi connectivity index (χ2v) is 9.06. The van der Waals surface area contributed by atoms with Crippen molar-refractivity contribution in [1.29, 1.82) is 0 Å². The molecule has 0 bridgehead atoms. The second-order valence-electron chi connectivity index (χ2n) is 7.37. The average Bonchev–Trinajstić information content (AvgIpc) is 2.62. The molecule has 0 aromatic heterocycles. The molecule has 1 saturated heterocycles. The van der Waals surface area contributed by atoms with Gasteiger partial charge in [0.2, 0.25) is 0 Å². The van der Waals surface area contributed by atoms with Gasteiger partial charge in [-0.25, -0.2) is 8.42 Å². The average molecular weight is 387 g/mol. The van der Waals surface area contributed by atoms with E-state index in [4.69, 9.17) is 0 Å². The molecule has 0 amide bonds. The molecule has 2 aromatic rings. The van der Waals surface area contributed by atoms with Gasteiger partial charge < -0.3 is 4.90 Å². The van der Waals surface area contributed by atoms with Crippen molar-refractivity contribution >= 4 is 27.2 Å². The Morgan fingerprint density at radius 1 is 1.07 bits per heavy atom. The van der Waals surface area contributed by atoms with E-state index >= 15 is 0 Å². The van der Waals surface area contributed by atoms with Gasteiger partial charge >= 0.3 is 0 Å². The summed E-state index contributed by atoms with van der Waals surface area (Å²) in [4.78, 5) is 14.6. The first-order valence-electron chi connectivity index (χ1n) is 9.26. The fourth-order valence-electron chi connectivity index (χ4n) is 3.30. The van der Waals surface area contributed by atoms with Gasteiger partial charge in [-0.3, -0.25) is 9.52 Å². The van der Waals surface area contributed by atoms with E-state index in [1.165, 1.54) is 6.92 Å². The van der Waals surface area contributed by atoms with Crippen LogP contribution in [0.15, 0.2) is 47.4 Å². The standard InChI is InChI=1S/C21H26N2O3S/c1-15-4-7-19(8-5-15)27(25,26)22-21-9-6-18(14-20(21)17(3)24)23-12-10-16(2)11-13-23/h4-9,14,16,22H,10-13H2,1-3H3. The third-order valence-corrected chi connectivity index (χ3v) is 6.49. The molecule has 1 aliphatic heterocycles. The highest BCUT2D eigenvalue weighted by atomic mass is 32.2. The number of sulfonamides is 1. The topological polar surface area (TPSA) is 66.5 Å². The van der Waals surface area contributed by atoms with Gasteiger partial charge in [0.25, 0.3) is 10.0 Å². The Morgan fingerprint density at radius 3 is 2.30 bits per heavy atom. The van der Waals surface area contributed by atoms with Gasteiger partial charge in [-0.1, -0.05) is 24.6 Å². The second kappa shape index (κ2) is 7.72. The summed E-state index contributed by atoms with van der Waals surface area (Å²) in [5.41, 5.74) is 2.66. The number of Topliss-reactive ketones (excluding diaryl/α,β-unsaturated/α-hetero) is 1. The number of nitrogens with one attached hydrogen (secondary N) is 1. The molecule has 1 N–H and O–H groups in total. The maximum Gasteiger partial charge on any atom is 0.261 e. The van der Waals surface area contributed by atoms with E-state index in [-0.39, 0.29) is 10.7 Å². The van der Waals surface area contributed by atoms with Crippen LogP contribution >= 0.6 is 0 Å². The zero-order valence-corrected chi connectivity index (χ0v) is 16.8. The Bertz CT molecular complexity index is 928. The molecule has 0 atom stereocenters. The van der Waals surface area contributed by atoms with Crippen LogP contribution in [0.4, 0.5) is 11.4 Å². The summed E-state index contributed by atoms with van der Waals surface area (Å²) in [5, 5.41) is 0. The van der Waals surface area contributed by atoms with E-state index < -0.39 is 10.0 Å². The van der Waals surface area contributed by atoms with Gasteiger partial charge in [0.15, 0.2) is 5.78 Å². The summed E-state index contributed by atoms with van der Waals surface area (Å²) in [7, 11) is -3.75. The third kappa shape index (κ3) is 4.50. The molecule has 144 valence electrons. The number of rotatable bonds is 5. The van der Waals surface area contributed by atoms with Crippen molar-refractivity contribution in [3.63, 3.8) is 0 Å². The summed E-state index contributed by atoms with van der Waals surface area (Å²) in [6.07, 6.45) is 2.24. The van der Waals surface area contributed by atoms with Crippen molar-refractivity contribution in [3.05, 3.63) is 53.6 Å². The van der Waals surface area contributed by atoms with Crippen LogP contribution in [0.25, 0.3) is 0 Å². The molecule has 2 aromatic carbocycles. The molecule has 1 heterocycles. The van der Waals surface area contributed by atoms with E-state index in [9.17, 15) is 13.2 Å². The molecule has 3 rings (SSSR count). The quantitative estimate of drug-likeness (QED) is 0.781. The Kier molecular flexibility index (Phi) is 5.56. The van der Waals surface area contributed by atoms with Crippen LogP contribution in [0.3, 0.4) is 0 Å². The minimum atomic E-state index is -3.75. The molecular formula is C21H26N2O3S. The lowest BCUT2D eigenvalue weighted by Crippen LogP contribution is -2.32. The van der Waals surface area contributed by atoms with Crippen LogP contribution in [-0.2, 0) is 10.0 Å². The zero-order chi connectivity index (χ0) is 19.6. The van der Waals surface area contributed by atoms with E-state index in [2.05, 4.69) is 16.5 Å². The van der Waals surface area contributed by atoms with Crippen LogP contribution in [0.1, 0.15) is 42.6 Å². The number of aryl methyl sites for hydroxylation is 1. The summed E-state index contributed by atoms with van der Waals surface area (Å²) in [6.45, 7) is 7.51. The van der Waals surface area contributed by atoms with E-state index in [0.717, 1.165) is 37.2 Å². The summed E-state index contributed by atoms with van der Waals surface area (Å²) in [6, 6.07) is 12.0. The molecule has 5 nitrogen and oxygen atoms in total. The first-order valence-corrected chi connectivity index (χ1v) is 10.7. The molecule has 0 saturated carbocycles. The molecule has 0 unspecified atom stereocenters. The van der Waals surface area contributed by atoms with Gasteiger partial charge in [0.1, 0.15) is 0 Å². The van der Waals surface area contributed by atoms with Gasteiger partial charge in [-0.2, -0.15) is 0 Å². The minimum Gasteiger partial charge on any atom is -0.371 e. The lowest BCUT2D eigenvalue weighted by molar-refractivity contribution is 0.101. The predicted octanol–water partition coefficient (Wildman–Crippen LogP) is 4.23. The third-order valence-electron chi connectivity index (χ3n) is 5.11. The van der Waals surface area contributed by atoms with Crippen LogP contribution in [0.5, 0.6) is 0 Å². The monoisotopic (exact) mass is 386 g/mol. The molecule has 27 heavy (non-hydrogen) atoms. The molecule has 0 radical (unpaired) electrons. The summed E-state index contributed by atoms with van der Waals surface area (Å²) in [5.74, 6) is 0.554. The maximum absolute atomic E-state index is 12.7. The molecule has 0 spiro atoms. The number of benzene rings is 2. The van der Waals surface area contributed by atoms with Gasteiger partial charge in [0, 0.05) is 24.3 Å². The van der Waals surface area contributed by atoms with Crippen molar-refractivity contribution in [1.82, 2.24) is 0 Å². The van der Waals surface area contributed by atoms with Crippen molar-refractivity contribution < 1.29 is 13.2 Å². The highest BCUT2D eigenvalue weighted by molar-refractivity contribution is 7.92. The number of anilines is 2. The van der Waals surface area contributed by atoms with Crippen molar-refractivity contribution in [2.75, 3.05) is 22.7 Å². The highest BCUT2D eigenvalue weighted by Gasteiger charge is 2.20. The van der Waals surface area contributed by atoms with Crippen LogP contribution in [0.2, 0.25) is 0 Å². The largest absolute Gasteiger partial charge is 0.371 e. The normalized spacial score (nSPS) is 15.6. The number of carbonyl (C=O) groups is 1. The van der Waals surface area contributed by atoms with E-state index in [0.29, 0.717) is 17.2 Å². The lowest BCUT2D eigenvalue weighted by Gasteiger charge is -2.32. The van der Waals surface area contributed by atoms with Gasteiger partial charge in [-0.15, -0.1) is 0 Å². The SMILES string of the molecule is CC(=O)c1cc(N2CCC(C)CC2)ccc1NS(=O)(=O)c1ccc(C)cc1. The van der Waals surface area contributed by atoms with Crippen molar-refractivity contribution in [2.45, 2.75) is 38.5 Å². The number of ketones is 1. The van der Waals surface area contributed by atoms with Gasteiger partial charge in [0.05, 0.1) is 10.6 Å². The number of hydrogen-bond acceptors (Lipinski definition) is 4. The fourth-order valence-corrected chi connectivity index (χ4v) is 4.38. The Morgan fingerprint density at radius 2 is 1.70 bits per heavy atom.